The highest BCUT2D eigenvalue weighted by Crippen LogP contribution is 2.37. The lowest BCUT2D eigenvalue weighted by atomic mass is 9.94. The number of aromatic nitrogens is 2. The van der Waals surface area contributed by atoms with Crippen LogP contribution in [0.5, 0.6) is 0 Å². The molecule has 1 amide bonds. The lowest BCUT2D eigenvalue weighted by molar-refractivity contribution is -0.118. The van der Waals surface area contributed by atoms with Crippen molar-refractivity contribution in [2.24, 2.45) is 11.8 Å². The lowest BCUT2D eigenvalue weighted by Crippen LogP contribution is -2.39. The van der Waals surface area contributed by atoms with Crippen molar-refractivity contribution in [3.8, 4) is 0 Å². The van der Waals surface area contributed by atoms with E-state index in [4.69, 9.17) is 0 Å². The number of nitrogens with one attached hydrogen (secondary N) is 2. The number of hydrogen-bond donors (Lipinski definition) is 2. The molecule has 3 atom stereocenters. The molecule has 2 fully saturated rings. The van der Waals surface area contributed by atoms with Gasteiger partial charge in [-0.3, -0.25) is 9.78 Å². The molecule has 0 spiro atoms. The third-order valence-corrected chi connectivity index (χ3v) is 3.84. The van der Waals surface area contributed by atoms with Gasteiger partial charge in [0.2, 0.25) is 5.91 Å². The summed E-state index contributed by atoms with van der Waals surface area (Å²) in [5, 5.41) is 6.14. The van der Waals surface area contributed by atoms with E-state index in [9.17, 15) is 4.79 Å². The number of rotatable bonds is 2. The second kappa shape index (κ2) is 4.41. The van der Waals surface area contributed by atoms with E-state index in [1.165, 1.54) is 12.8 Å². The van der Waals surface area contributed by atoms with E-state index in [1.54, 1.807) is 18.6 Å². The van der Waals surface area contributed by atoms with Crippen molar-refractivity contribution in [1.29, 1.82) is 0 Å². The molecule has 1 aliphatic carbocycles. The highest BCUT2D eigenvalue weighted by molar-refractivity contribution is 5.94. The zero-order valence-corrected chi connectivity index (χ0v) is 9.60. The Bertz CT molecular complexity index is 408. The number of hydrogen-bond acceptors (Lipinski definition) is 4. The molecular formula is C12H16N4O. The number of carbonyl (C=O) groups excluding carboxylic acids is 1. The molecule has 2 heterocycles. The van der Waals surface area contributed by atoms with Crippen LogP contribution in [0.15, 0.2) is 18.6 Å². The summed E-state index contributed by atoms with van der Waals surface area (Å²) in [4.78, 5) is 20.1. The fourth-order valence-electron chi connectivity index (χ4n) is 3.04. The van der Waals surface area contributed by atoms with Crippen LogP contribution in [0.25, 0.3) is 0 Å². The first kappa shape index (κ1) is 10.7. The van der Waals surface area contributed by atoms with Crippen molar-refractivity contribution in [3.63, 3.8) is 0 Å². The van der Waals surface area contributed by atoms with Crippen molar-refractivity contribution in [3.05, 3.63) is 18.6 Å². The van der Waals surface area contributed by atoms with E-state index in [1.807, 2.05) is 0 Å². The second-order valence-electron chi connectivity index (χ2n) is 4.82. The molecule has 90 valence electrons. The molecule has 0 bridgehead atoms. The summed E-state index contributed by atoms with van der Waals surface area (Å²) in [6.45, 7) is 0.975. The molecule has 5 nitrogen and oxygen atoms in total. The summed E-state index contributed by atoms with van der Waals surface area (Å²) < 4.78 is 0. The fraction of sp³-hybridized carbons (Fsp3) is 0.583. The summed E-state index contributed by atoms with van der Waals surface area (Å²) in [7, 11) is 0. The van der Waals surface area contributed by atoms with Crippen molar-refractivity contribution in [1.82, 2.24) is 15.3 Å². The standard InChI is InChI=1S/C12H16N4O/c17-12(16-10-7-13-4-5-14-10)11-9-3-1-2-8(9)6-15-11/h4-5,7-9,11,15H,1-3,6H2,(H,14,16,17). The van der Waals surface area contributed by atoms with Crippen LogP contribution in [0.1, 0.15) is 19.3 Å². The first-order valence-corrected chi connectivity index (χ1v) is 6.15. The first-order chi connectivity index (χ1) is 8.34. The second-order valence-corrected chi connectivity index (χ2v) is 4.82. The Labute approximate surface area is 100 Å². The number of anilines is 1. The summed E-state index contributed by atoms with van der Waals surface area (Å²) in [6.07, 6.45) is 8.42. The molecule has 1 aromatic heterocycles. The maximum Gasteiger partial charge on any atom is 0.243 e. The van der Waals surface area contributed by atoms with Crippen LogP contribution in [-0.4, -0.2) is 28.5 Å². The molecular weight excluding hydrogens is 216 g/mol. The van der Waals surface area contributed by atoms with Crippen LogP contribution in [0.4, 0.5) is 5.82 Å². The molecule has 1 aromatic rings. The lowest BCUT2D eigenvalue weighted by Gasteiger charge is -2.17. The van der Waals surface area contributed by atoms with Gasteiger partial charge in [0.25, 0.3) is 0 Å². The highest BCUT2D eigenvalue weighted by atomic mass is 16.2. The third-order valence-electron chi connectivity index (χ3n) is 3.84. The average Bonchev–Trinajstić information content (AvgIpc) is 2.91. The third kappa shape index (κ3) is 2.02. The minimum Gasteiger partial charge on any atom is -0.308 e. The van der Waals surface area contributed by atoms with E-state index in [-0.39, 0.29) is 11.9 Å². The number of carbonyl (C=O) groups is 1. The molecule has 2 aliphatic rings. The predicted octanol–water partition coefficient (Wildman–Crippen LogP) is 0.803. The van der Waals surface area contributed by atoms with E-state index >= 15 is 0 Å². The van der Waals surface area contributed by atoms with E-state index < -0.39 is 0 Å². The van der Waals surface area contributed by atoms with Crippen LogP contribution in [0.3, 0.4) is 0 Å². The van der Waals surface area contributed by atoms with Gasteiger partial charge in [-0.15, -0.1) is 0 Å². The minimum absolute atomic E-state index is 0.0277. The van der Waals surface area contributed by atoms with Gasteiger partial charge in [-0.1, -0.05) is 6.42 Å². The van der Waals surface area contributed by atoms with Gasteiger partial charge in [-0.05, 0) is 31.2 Å². The van der Waals surface area contributed by atoms with E-state index in [2.05, 4.69) is 20.6 Å². The molecule has 1 aliphatic heterocycles. The van der Waals surface area contributed by atoms with Crippen LogP contribution in [0.2, 0.25) is 0 Å². The largest absolute Gasteiger partial charge is 0.308 e. The van der Waals surface area contributed by atoms with Gasteiger partial charge in [0.15, 0.2) is 5.82 Å². The molecule has 0 aromatic carbocycles. The van der Waals surface area contributed by atoms with Crippen LogP contribution in [0, 0.1) is 11.8 Å². The zero-order valence-electron chi connectivity index (χ0n) is 9.60. The van der Waals surface area contributed by atoms with Gasteiger partial charge in [-0.2, -0.15) is 0 Å². The predicted molar refractivity (Wildman–Crippen MR) is 63.3 cm³/mol. The normalized spacial score (nSPS) is 31.2. The minimum atomic E-state index is -0.0514. The van der Waals surface area contributed by atoms with Gasteiger partial charge < -0.3 is 10.6 Å². The molecule has 2 N–H and O–H groups in total. The Morgan fingerprint density at radius 2 is 2.35 bits per heavy atom. The van der Waals surface area contributed by atoms with Gasteiger partial charge >= 0.3 is 0 Å². The van der Waals surface area contributed by atoms with E-state index in [0.29, 0.717) is 17.7 Å². The Balaban J connectivity index is 1.67. The Hall–Kier alpha value is -1.49. The summed E-state index contributed by atoms with van der Waals surface area (Å²) in [6, 6.07) is -0.0514. The molecule has 0 radical (unpaired) electrons. The molecule has 3 rings (SSSR count). The SMILES string of the molecule is O=C(Nc1cnccn1)C1NCC2CCCC21. The Morgan fingerprint density at radius 1 is 1.41 bits per heavy atom. The molecule has 5 heteroatoms. The maximum atomic E-state index is 12.1. The van der Waals surface area contributed by atoms with E-state index in [0.717, 1.165) is 13.0 Å². The first-order valence-electron chi connectivity index (χ1n) is 6.15. The molecule has 1 saturated carbocycles. The quantitative estimate of drug-likeness (QED) is 0.791. The average molecular weight is 232 g/mol. The molecule has 3 unspecified atom stereocenters. The van der Waals surface area contributed by atoms with Crippen LogP contribution in [-0.2, 0) is 4.79 Å². The maximum absolute atomic E-state index is 12.1. The zero-order chi connectivity index (χ0) is 11.7. The number of amides is 1. The van der Waals surface area contributed by atoms with Gasteiger partial charge in [-0.25, -0.2) is 4.98 Å². The van der Waals surface area contributed by atoms with Gasteiger partial charge in [0.1, 0.15) is 0 Å². The fourth-order valence-corrected chi connectivity index (χ4v) is 3.04. The number of nitrogens with zero attached hydrogens (tertiary/aromatic N) is 2. The summed E-state index contributed by atoms with van der Waals surface area (Å²) in [5.74, 6) is 1.75. The summed E-state index contributed by atoms with van der Waals surface area (Å²) >= 11 is 0. The van der Waals surface area contributed by atoms with Crippen molar-refractivity contribution >= 4 is 11.7 Å². The Morgan fingerprint density at radius 3 is 3.18 bits per heavy atom. The Kier molecular flexibility index (Phi) is 2.76. The highest BCUT2D eigenvalue weighted by Gasteiger charge is 2.42. The smallest absolute Gasteiger partial charge is 0.243 e. The molecule has 17 heavy (non-hydrogen) atoms. The molecule has 1 saturated heterocycles. The number of fused-ring (bicyclic) bond motifs is 1. The topological polar surface area (TPSA) is 66.9 Å². The summed E-state index contributed by atoms with van der Waals surface area (Å²) in [5.41, 5.74) is 0. The van der Waals surface area contributed by atoms with Crippen LogP contribution >= 0.6 is 0 Å². The van der Waals surface area contributed by atoms with Gasteiger partial charge in [0, 0.05) is 12.4 Å². The van der Waals surface area contributed by atoms with Crippen LogP contribution < -0.4 is 10.6 Å². The monoisotopic (exact) mass is 232 g/mol. The van der Waals surface area contributed by atoms with Gasteiger partial charge in [0.05, 0.1) is 12.2 Å². The van der Waals surface area contributed by atoms with Crippen molar-refractivity contribution in [2.75, 3.05) is 11.9 Å². The van der Waals surface area contributed by atoms with Crippen molar-refractivity contribution < 1.29 is 4.79 Å². The van der Waals surface area contributed by atoms with Crippen molar-refractivity contribution in [2.45, 2.75) is 25.3 Å².